The molecule has 0 aliphatic carbocycles. The molecule has 4 nitrogen and oxygen atoms in total. The summed E-state index contributed by atoms with van der Waals surface area (Å²) in [4.78, 5) is 1.51. The molecule has 0 amide bonds. The fourth-order valence-electron chi connectivity index (χ4n) is 2.86. The Morgan fingerprint density at radius 2 is 2.16 bits per heavy atom. The average Bonchev–Trinajstić information content (AvgIpc) is 2.47. The SMILES string of the molecule is COc1ccc(OC)c(C[NH+]2CCC[C@H](CO)C2)c1. The molecule has 106 valence electrons. The van der Waals surface area contributed by atoms with Gasteiger partial charge in [0.25, 0.3) is 0 Å². The van der Waals surface area contributed by atoms with Crippen LogP contribution in [0.2, 0.25) is 0 Å². The monoisotopic (exact) mass is 266 g/mol. The second kappa shape index (κ2) is 6.78. The van der Waals surface area contributed by atoms with Gasteiger partial charge in [-0.05, 0) is 31.0 Å². The molecule has 0 spiro atoms. The van der Waals surface area contributed by atoms with Gasteiger partial charge in [0.05, 0.1) is 39.5 Å². The minimum absolute atomic E-state index is 0.304. The minimum atomic E-state index is 0.304. The maximum atomic E-state index is 9.30. The number of ether oxygens (including phenoxy) is 2. The van der Waals surface area contributed by atoms with Crippen molar-refractivity contribution in [3.63, 3.8) is 0 Å². The molecule has 1 heterocycles. The van der Waals surface area contributed by atoms with Crippen molar-refractivity contribution >= 4 is 0 Å². The Morgan fingerprint density at radius 3 is 2.84 bits per heavy atom. The van der Waals surface area contributed by atoms with Gasteiger partial charge in [-0.15, -0.1) is 0 Å². The summed E-state index contributed by atoms with van der Waals surface area (Å²) in [6.45, 7) is 3.43. The van der Waals surface area contributed by atoms with E-state index in [1.54, 1.807) is 14.2 Å². The van der Waals surface area contributed by atoms with Crippen molar-refractivity contribution in [1.29, 1.82) is 0 Å². The van der Waals surface area contributed by atoms with Crippen LogP contribution in [-0.4, -0.2) is 39.0 Å². The molecule has 1 saturated heterocycles. The molecule has 1 aliphatic rings. The predicted octanol–water partition coefficient (Wildman–Crippen LogP) is 0.491. The van der Waals surface area contributed by atoms with Gasteiger partial charge in [-0.3, -0.25) is 0 Å². The highest BCUT2D eigenvalue weighted by Crippen LogP contribution is 2.23. The topological polar surface area (TPSA) is 43.1 Å². The summed E-state index contributed by atoms with van der Waals surface area (Å²) in [6, 6.07) is 5.93. The first-order valence-corrected chi connectivity index (χ1v) is 6.92. The van der Waals surface area contributed by atoms with Crippen LogP contribution in [0.4, 0.5) is 0 Å². The van der Waals surface area contributed by atoms with Gasteiger partial charge in [-0.1, -0.05) is 0 Å². The Balaban J connectivity index is 2.08. The van der Waals surface area contributed by atoms with E-state index in [0.29, 0.717) is 12.5 Å². The van der Waals surface area contributed by atoms with E-state index < -0.39 is 0 Å². The van der Waals surface area contributed by atoms with Gasteiger partial charge >= 0.3 is 0 Å². The van der Waals surface area contributed by atoms with Gasteiger partial charge in [-0.25, -0.2) is 0 Å². The van der Waals surface area contributed by atoms with Crippen LogP contribution in [0.3, 0.4) is 0 Å². The molecule has 1 aliphatic heterocycles. The van der Waals surface area contributed by atoms with Crippen LogP contribution >= 0.6 is 0 Å². The molecule has 1 aromatic carbocycles. The second-order valence-corrected chi connectivity index (χ2v) is 5.25. The zero-order valence-corrected chi connectivity index (χ0v) is 11.8. The van der Waals surface area contributed by atoms with Crippen molar-refractivity contribution in [3.05, 3.63) is 23.8 Å². The van der Waals surface area contributed by atoms with Gasteiger partial charge < -0.3 is 19.5 Å². The van der Waals surface area contributed by atoms with Crippen LogP contribution in [0.15, 0.2) is 18.2 Å². The quantitative estimate of drug-likeness (QED) is 0.815. The zero-order chi connectivity index (χ0) is 13.7. The number of methoxy groups -OCH3 is 2. The first-order chi connectivity index (χ1) is 9.26. The number of hydrogen-bond donors (Lipinski definition) is 2. The number of likely N-dealkylation sites (tertiary alicyclic amines) is 1. The lowest BCUT2D eigenvalue weighted by molar-refractivity contribution is -0.922. The summed E-state index contributed by atoms with van der Waals surface area (Å²) in [5, 5.41) is 9.30. The van der Waals surface area contributed by atoms with Crippen molar-refractivity contribution in [1.82, 2.24) is 0 Å². The maximum absolute atomic E-state index is 9.30. The third-order valence-corrected chi connectivity index (χ3v) is 3.91. The number of benzene rings is 1. The van der Waals surface area contributed by atoms with E-state index >= 15 is 0 Å². The number of quaternary nitrogens is 1. The Labute approximate surface area is 114 Å². The van der Waals surface area contributed by atoms with Gasteiger partial charge in [0, 0.05) is 5.92 Å². The number of nitrogens with one attached hydrogen (secondary N) is 1. The Bertz CT molecular complexity index is 408. The summed E-state index contributed by atoms with van der Waals surface area (Å²) in [5.41, 5.74) is 1.18. The number of aliphatic hydroxyl groups is 1. The third-order valence-electron chi connectivity index (χ3n) is 3.91. The van der Waals surface area contributed by atoms with E-state index in [0.717, 1.165) is 37.6 Å². The zero-order valence-electron chi connectivity index (χ0n) is 11.8. The first-order valence-electron chi connectivity index (χ1n) is 6.92. The first kappa shape index (κ1) is 14.2. The molecule has 1 aromatic rings. The largest absolute Gasteiger partial charge is 0.497 e. The number of hydrogen-bond acceptors (Lipinski definition) is 3. The highest BCUT2D eigenvalue weighted by Gasteiger charge is 2.23. The molecule has 2 N–H and O–H groups in total. The highest BCUT2D eigenvalue weighted by molar-refractivity contribution is 5.39. The lowest BCUT2D eigenvalue weighted by Crippen LogP contribution is -3.12. The number of piperidine rings is 1. The maximum Gasteiger partial charge on any atom is 0.127 e. The molecule has 2 rings (SSSR count). The molecule has 19 heavy (non-hydrogen) atoms. The Hall–Kier alpha value is -1.26. The average molecular weight is 266 g/mol. The van der Waals surface area contributed by atoms with Crippen molar-refractivity contribution in [2.75, 3.05) is 33.9 Å². The van der Waals surface area contributed by atoms with Crippen LogP contribution < -0.4 is 14.4 Å². The van der Waals surface area contributed by atoms with Crippen molar-refractivity contribution in [3.8, 4) is 11.5 Å². The third kappa shape index (κ3) is 3.61. The highest BCUT2D eigenvalue weighted by atomic mass is 16.5. The van der Waals surface area contributed by atoms with Crippen molar-refractivity contribution in [2.45, 2.75) is 19.4 Å². The molecule has 1 unspecified atom stereocenters. The number of aliphatic hydroxyl groups excluding tert-OH is 1. The Kier molecular flexibility index (Phi) is 5.05. The van der Waals surface area contributed by atoms with E-state index in [9.17, 15) is 5.11 Å². The second-order valence-electron chi connectivity index (χ2n) is 5.25. The molecular weight excluding hydrogens is 242 g/mol. The van der Waals surface area contributed by atoms with Gasteiger partial charge in [0.1, 0.15) is 18.0 Å². The summed E-state index contributed by atoms with van der Waals surface area (Å²) >= 11 is 0. The van der Waals surface area contributed by atoms with Crippen LogP contribution in [0.25, 0.3) is 0 Å². The summed E-state index contributed by atoms with van der Waals surface area (Å²) in [6.07, 6.45) is 2.34. The standard InChI is InChI=1S/C15H23NO3/c1-18-14-5-6-15(19-2)13(8-14)10-16-7-3-4-12(9-16)11-17/h5-6,8,12,17H,3-4,7,9-11H2,1-2H3/p+1/t12-/m0/s1. The van der Waals surface area contributed by atoms with Gasteiger partial charge in [0.2, 0.25) is 0 Å². The van der Waals surface area contributed by atoms with E-state index in [-0.39, 0.29) is 0 Å². The van der Waals surface area contributed by atoms with Gasteiger partial charge in [-0.2, -0.15) is 0 Å². The predicted molar refractivity (Wildman–Crippen MR) is 73.8 cm³/mol. The fourth-order valence-corrected chi connectivity index (χ4v) is 2.86. The molecule has 0 aromatic heterocycles. The molecule has 2 atom stereocenters. The van der Waals surface area contributed by atoms with E-state index in [2.05, 4.69) is 0 Å². The van der Waals surface area contributed by atoms with Crippen molar-refractivity contribution in [2.24, 2.45) is 5.92 Å². The van der Waals surface area contributed by atoms with Crippen molar-refractivity contribution < 1.29 is 19.5 Å². The molecular formula is C15H24NO3+. The molecule has 0 bridgehead atoms. The Morgan fingerprint density at radius 1 is 1.32 bits per heavy atom. The van der Waals surface area contributed by atoms with Crippen LogP contribution in [0.1, 0.15) is 18.4 Å². The minimum Gasteiger partial charge on any atom is -0.497 e. The smallest absolute Gasteiger partial charge is 0.127 e. The van der Waals surface area contributed by atoms with E-state index in [1.165, 1.54) is 16.9 Å². The van der Waals surface area contributed by atoms with E-state index in [1.807, 2.05) is 18.2 Å². The van der Waals surface area contributed by atoms with E-state index in [4.69, 9.17) is 9.47 Å². The van der Waals surface area contributed by atoms with Crippen LogP contribution in [-0.2, 0) is 6.54 Å². The normalized spacial score (nSPS) is 23.1. The molecule has 0 radical (unpaired) electrons. The summed E-state index contributed by atoms with van der Waals surface area (Å²) in [5.74, 6) is 2.23. The van der Waals surface area contributed by atoms with Gasteiger partial charge in [0.15, 0.2) is 0 Å². The lowest BCUT2D eigenvalue weighted by Gasteiger charge is -2.29. The van der Waals surface area contributed by atoms with Crippen LogP contribution in [0.5, 0.6) is 11.5 Å². The number of rotatable bonds is 5. The lowest BCUT2D eigenvalue weighted by atomic mass is 9.98. The molecule has 0 saturated carbocycles. The fraction of sp³-hybridized carbons (Fsp3) is 0.600. The molecule has 1 fully saturated rings. The van der Waals surface area contributed by atoms with Crippen LogP contribution in [0, 0.1) is 5.92 Å². The summed E-state index contributed by atoms with van der Waals surface area (Å²) in [7, 11) is 3.38. The summed E-state index contributed by atoms with van der Waals surface area (Å²) < 4.78 is 10.7. The molecule has 4 heteroatoms.